The molecule has 2 aliphatic heterocycles. The van der Waals surface area contributed by atoms with Crippen LogP contribution in [0.2, 0.25) is 0 Å². The van der Waals surface area contributed by atoms with E-state index in [1.807, 2.05) is 0 Å². The number of amides is 1. The number of ether oxygens (including phenoxy) is 1. The predicted molar refractivity (Wildman–Crippen MR) is 109 cm³/mol. The number of nitrogens with one attached hydrogen (secondary N) is 1. The maximum Gasteiger partial charge on any atom is 0.434 e. The lowest BCUT2D eigenvalue weighted by Gasteiger charge is -2.35. The van der Waals surface area contributed by atoms with Crippen molar-refractivity contribution in [2.75, 3.05) is 6.54 Å². The van der Waals surface area contributed by atoms with Gasteiger partial charge in [0.2, 0.25) is 0 Å². The first-order valence-corrected chi connectivity index (χ1v) is 10.4. The second-order valence-electron chi connectivity index (χ2n) is 8.19. The molecule has 1 amide bonds. The number of hydrogen-bond acceptors (Lipinski definition) is 6. The Hall–Kier alpha value is -3.34. The van der Waals surface area contributed by atoms with Gasteiger partial charge >= 0.3 is 6.18 Å². The molecule has 172 valence electrons. The van der Waals surface area contributed by atoms with Gasteiger partial charge in [0.25, 0.3) is 5.91 Å². The number of benzene rings is 1. The maximum atomic E-state index is 14.1. The van der Waals surface area contributed by atoms with Crippen LogP contribution in [0.3, 0.4) is 0 Å². The van der Waals surface area contributed by atoms with Gasteiger partial charge in [0, 0.05) is 30.7 Å². The normalized spacial score (nSPS) is 26.3. The lowest BCUT2D eigenvalue weighted by Crippen LogP contribution is -2.49. The van der Waals surface area contributed by atoms with E-state index in [0.717, 1.165) is 12.4 Å². The van der Waals surface area contributed by atoms with Crippen molar-refractivity contribution < 1.29 is 27.1 Å². The van der Waals surface area contributed by atoms with Crippen molar-refractivity contribution in [2.45, 2.75) is 37.4 Å². The Balaban J connectivity index is 1.33. The molecule has 1 aromatic carbocycles. The zero-order valence-corrected chi connectivity index (χ0v) is 17.2. The molecule has 1 aliphatic carbocycles. The third-order valence-corrected chi connectivity index (χ3v) is 6.05. The Labute approximate surface area is 186 Å². The van der Waals surface area contributed by atoms with Crippen LogP contribution in [0.1, 0.15) is 23.2 Å². The van der Waals surface area contributed by atoms with Crippen molar-refractivity contribution in [3.05, 3.63) is 59.9 Å². The minimum absolute atomic E-state index is 0.155. The van der Waals surface area contributed by atoms with E-state index >= 15 is 0 Å². The number of piperidine rings is 1. The molecule has 0 spiro atoms. The fourth-order valence-electron chi connectivity index (χ4n) is 4.63. The number of hydrogen-bond donors (Lipinski definition) is 1. The molecule has 3 aliphatic rings. The van der Waals surface area contributed by atoms with Crippen LogP contribution >= 0.6 is 0 Å². The molecule has 7 nitrogen and oxygen atoms in total. The van der Waals surface area contributed by atoms with Crippen molar-refractivity contribution in [1.82, 2.24) is 20.2 Å². The number of aliphatic imine (C=N–C) groups is 1. The summed E-state index contributed by atoms with van der Waals surface area (Å²) in [7, 11) is 0. The zero-order chi connectivity index (χ0) is 23.2. The second-order valence-corrected chi connectivity index (χ2v) is 8.19. The second kappa shape index (κ2) is 8.22. The lowest BCUT2D eigenvalue weighted by atomic mass is 10.0. The molecule has 2 aromatic rings. The van der Waals surface area contributed by atoms with Gasteiger partial charge in [-0.05, 0) is 43.0 Å². The number of carbonyl (C=O) groups is 1. The van der Waals surface area contributed by atoms with E-state index < -0.39 is 23.9 Å². The highest BCUT2D eigenvalue weighted by atomic mass is 19.4. The number of allylic oxidation sites excluding steroid dienone is 1. The van der Waals surface area contributed by atoms with Crippen LogP contribution in [-0.2, 0) is 4.74 Å². The lowest BCUT2D eigenvalue weighted by molar-refractivity contribution is -0.0941. The molecule has 2 bridgehead atoms. The van der Waals surface area contributed by atoms with E-state index in [2.05, 4.69) is 20.3 Å². The fraction of sp³-hybridized carbons (Fsp3) is 0.364. The molecule has 4 unspecified atom stereocenters. The summed E-state index contributed by atoms with van der Waals surface area (Å²) in [5, 5.41) is 2.55. The van der Waals surface area contributed by atoms with Gasteiger partial charge in [0.1, 0.15) is 5.82 Å². The van der Waals surface area contributed by atoms with Crippen molar-refractivity contribution in [3.63, 3.8) is 0 Å². The van der Waals surface area contributed by atoms with Crippen LogP contribution in [-0.4, -0.2) is 58.1 Å². The topological polar surface area (TPSA) is 79.7 Å². The average Bonchev–Trinajstić information content (AvgIpc) is 3.39. The summed E-state index contributed by atoms with van der Waals surface area (Å²) in [5.74, 6) is -0.407. The van der Waals surface area contributed by atoms with Gasteiger partial charge in [-0.25, -0.2) is 14.4 Å². The number of rotatable bonds is 4. The molecule has 11 heteroatoms. The summed E-state index contributed by atoms with van der Waals surface area (Å²) in [6, 6.07) is 5.27. The van der Waals surface area contributed by atoms with E-state index in [-0.39, 0.29) is 29.5 Å². The first-order chi connectivity index (χ1) is 15.8. The third-order valence-electron chi connectivity index (χ3n) is 6.05. The van der Waals surface area contributed by atoms with Gasteiger partial charge in [0.15, 0.2) is 17.7 Å². The van der Waals surface area contributed by atoms with Crippen molar-refractivity contribution in [2.24, 2.45) is 10.9 Å². The van der Waals surface area contributed by atoms with Crippen molar-refractivity contribution in [3.8, 4) is 11.4 Å². The summed E-state index contributed by atoms with van der Waals surface area (Å²) < 4.78 is 58.2. The number of halogens is 4. The minimum atomic E-state index is -4.55. The summed E-state index contributed by atoms with van der Waals surface area (Å²) in [6.07, 6.45) is 0.540. The van der Waals surface area contributed by atoms with Crippen molar-refractivity contribution >= 4 is 12.1 Å². The molecular weight excluding hydrogens is 442 g/mol. The van der Waals surface area contributed by atoms with Gasteiger partial charge in [-0.15, -0.1) is 0 Å². The predicted octanol–water partition coefficient (Wildman–Crippen LogP) is 3.31. The van der Waals surface area contributed by atoms with E-state index in [0.29, 0.717) is 30.8 Å². The molecule has 5 rings (SSSR count). The molecule has 1 saturated heterocycles. The third kappa shape index (κ3) is 4.20. The molecule has 0 radical (unpaired) electrons. The minimum Gasteiger partial charge on any atom is -0.360 e. The summed E-state index contributed by atoms with van der Waals surface area (Å²) >= 11 is 0. The van der Waals surface area contributed by atoms with E-state index in [1.165, 1.54) is 18.2 Å². The van der Waals surface area contributed by atoms with Crippen LogP contribution in [0.15, 0.2) is 53.5 Å². The number of aromatic nitrogens is 2. The Morgan fingerprint density at radius 1 is 1.18 bits per heavy atom. The fourth-order valence-corrected chi connectivity index (χ4v) is 4.63. The van der Waals surface area contributed by atoms with Gasteiger partial charge in [-0.3, -0.25) is 9.79 Å². The van der Waals surface area contributed by atoms with Crippen LogP contribution in [0.25, 0.3) is 11.4 Å². The monoisotopic (exact) mass is 461 g/mol. The maximum absolute atomic E-state index is 14.1. The largest absolute Gasteiger partial charge is 0.434 e. The van der Waals surface area contributed by atoms with Gasteiger partial charge < -0.3 is 15.0 Å². The number of likely N-dealkylation sites (tertiary alicyclic amines) is 1. The van der Waals surface area contributed by atoms with Crippen LogP contribution < -0.4 is 5.32 Å². The number of fused-ring (bicyclic) bond motifs is 2. The van der Waals surface area contributed by atoms with Gasteiger partial charge in [-0.2, -0.15) is 13.2 Å². The Morgan fingerprint density at radius 2 is 1.97 bits per heavy atom. The SMILES string of the molecule is O=C(c1cc(F)ccc1-c1ncccn1)N1CC2CC(OC3C=NC(C(F)(F)F)=CN3)C1C2. The molecule has 1 saturated carbocycles. The number of carbonyl (C=O) groups excluding carboxylic acids is 1. The number of alkyl halides is 3. The molecule has 1 aromatic heterocycles. The Kier molecular flexibility index (Phi) is 5.35. The number of nitrogens with zero attached hydrogens (tertiary/aromatic N) is 4. The quantitative estimate of drug-likeness (QED) is 0.707. The first kappa shape index (κ1) is 21.5. The molecule has 4 atom stereocenters. The van der Waals surface area contributed by atoms with E-state index in [9.17, 15) is 22.4 Å². The van der Waals surface area contributed by atoms with Gasteiger partial charge in [0.05, 0.1) is 23.9 Å². The Bertz CT molecular complexity index is 1120. The van der Waals surface area contributed by atoms with E-state index in [1.54, 1.807) is 23.4 Å². The average molecular weight is 461 g/mol. The summed E-state index contributed by atoms with van der Waals surface area (Å²) in [5.41, 5.74) is -0.454. The Morgan fingerprint density at radius 3 is 2.64 bits per heavy atom. The van der Waals surface area contributed by atoms with Crippen LogP contribution in [0, 0.1) is 11.7 Å². The zero-order valence-electron chi connectivity index (χ0n) is 17.2. The molecule has 33 heavy (non-hydrogen) atoms. The van der Waals surface area contributed by atoms with Gasteiger partial charge in [-0.1, -0.05) is 0 Å². The standard InChI is InChI=1S/C22H19F4N5O2/c23-13-2-3-14(20-27-4-1-5-28-20)15(8-13)21(32)31-11-12-6-16(31)17(7-12)33-19-10-29-18(9-30-19)22(24,25)26/h1-5,8-10,12,16-17,19,30H,6-7,11H2. The van der Waals surface area contributed by atoms with Crippen LogP contribution in [0.4, 0.5) is 17.6 Å². The molecule has 2 fully saturated rings. The summed E-state index contributed by atoms with van der Waals surface area (Å²) in [6.45, 7) is 0.499. The summed E-state index contributed by atoms with van der Waals surface area (Å²) in [4.78, 5) is 26.9. The first-order valence-electron chi connectivity index (χ1n) is 10.4. The molecule has 1 N–H and O–H groups in total. The van der Waals surface area contributed by atoms with Crippen LogP contribution in [0.5, 0.6) is 0 Å². The smallest absolute Gasteiger partial charge is 0.360 e. The van der Waals surface area contributed by atoms with E-state index in [4.69, 9.17) is 4.74 Å². The highest BCUT2D eigenvalue weighted by molar-refractivity contribution is 6.00. The van der Waals surface area contributed by atoms with Crippen molar-refractivity contribution in [1.29, 1.82) is 0 Å². The molecule has 3 heterocycles. The molecular formula is C22H19F4N5O2. The highest BCUT2D eigenvalue weighted by Crippen LogP contribution is 2.41. The highest BCUT2D eigenvalue weighted by Gasteiger charge is 2.49.